The van der Waals surface area contributed by atoms with Crippen molar-refractivity contribution in [1.29, 1.82) is 0 Å². The van der Waals surface area contributed by atoms with Gasteiger partial charge in [0.15, 0.2) is 12.2 Å². The van der Waals surface area contributed by atoms with Gasteiger partial charge in [0.25, 0.3) is 0 Å². The zero-order valence-electron chi connectivity index (χ0n) is 65.8. The second-order valence-corrected chi connectivity index (χ2v) is 29.2. The van der Waals surface area contributed by atoms with Crippen LogP contribution in [-0.4, -0.2) is 96.7 Å². The summed E-state index contributed by atoms with van der Waals surface area (Å²) in [5.74, 6) is -2.36. The number of phosphoric acid groups is 2. The third-order valence-corrected chi connectivity index (χ3v) is 18.1. The standard InChI is InChI=1S/C87H142O17P2/c1-5-9-13-17-21-25-29-32-35-38-40-43-46-49-53-56-60-64-68-72-85(90)98-78-83(104-87(92)74-70-66-62-58-54-50-47-44-41-39-36-33-30-26-22-18-14-10-6-2)80-102-106(95,96)100-76-81(88)75-99-105(93,94)101-79-82(103-86(91)73-69-65-61-57-51-28-24-20-16-12-8-4)77-97-84(89)71-67-63-59-55-52-48-45-42-37-34-31-27-23-19-15-11-7-3/h9,11,13,15,21-23,25-27,32-37,40-41,43-45,48-49,53,55,59-60,64,81-83,88H,5-8,10,12,14,16-20,24,28-31,38-39,42,46-47,50-52,54,56-58,61-63,65-80H2,1-4H3,(H,93,94)(H,95,96)/b13-9-,15-11-,25-21-,26-22-,27-23-,35-32-,36-33-,37-34-,43-40-,44-41-,48-45-,53-49-,59-55-,64-60-. The zero-order valence-corrected chi connectivity index (χ0v) is 67.6. The van der Waals surface area contributed by atoms with Crippen LogP contribution >= 0.6 is 15.6 Å². The Labute approximate surface area is 642 Å². The Morgan fingerprint density at radius 1 is 0.274 bits per heavy atom. The molecule has 0 saturated carbocycles. The van der Waals surface area contributed by atoms with Gasteiger partial charge < -0.3 is 33.8 Å². The lowest BCUT2D eigenvalue weighted by Crippen LogP contribution is -2.30. The number of hydrogen-bond acceptors (Lipinski definition) is 15. The average molecular weight is 1520 g/mol. The Balaban J connectivity index is 5.48. The van der Waals surface area contributed by atoms with Crippen molar-refractivity contribution in [2.24, 2.45) is 0 Å². The Morgan fingerprint density at radius 2 is 0.519 bits per heavy atom. The summed E-state index contributed by atoms with van der Waals surface area (Å²) in [4.78, 5) is 73.0. The van der Waals surface area contributed by atoms with Gasteiger partial charge in [-0.15, -0.1) is 0 Å². The fourth-order valence-electron chi connectivity index (χ4n) is 10.1. The highest BCUT2D eigenvalue weighted by atomic mass is 31.2. The van der Waals surface area contributed by atoms with Crippen LogP contribution in [0.15, 0.2) is 170 Å². The van der Waals surface area contributed by atoms with Crippen molar-refractivity contribution in [3.05, 3.63) is 170 Å². The molecule has 0 rings (SSSR count). The minimum atomic E-state index is -5.01. The van der Waals surface area contributed by atoms with Crippen molar-refractivity contribution in [3.63, 3.8) is 0 Å². The van der Waals surface area contributed by atoms with Gasteiger partial charge in [0, 0.05) is 25.7 Å². The molecule has 0 aliphatic heterocycles. The molecule has 0 amide bonds. The smallest absolute Gasteiger partial charge is 0.462 e. The van der Waals surface area contributed by atoms with E-state index in [0.29, 0.717) is 38.5 Å². The first-order valence-electron chi connectivity index (χ1n) is 40.4. The molecule has 0 aromatic heterocycles. The molecular weight excluding hydrogens is 1380 g/mol. The Bertz CT molecular complexity index is 2680. The van der Waals surface area contributed by atoms with E-state index in [2.05, 4.69) is 167 Å². The second kappa shape index (κ2) is 77.6. The highest BCUT2D eigenvalue weighted by molar-refractivity contribution is 7.47. The first kappa shape index (κ1) is 100. The second-order valence-electron chi connectivity index (χ2n) is 26.2. The number of aliphatic hydroxyl groups excluding tert-OH is 1. The summed E-state index contributed by atoms with van der Waals surface area (Å²) in [6.45, 7) is 4.44. The quantitative estimate of drug-likeness (QED) is 0.0169. The number of esters is 4. The molecule has 0 fully saturated rings. The van der Waals surface area contributed by atoms with E-state index in [4.69, 9.17) is 37.0 Å². The van der Waals surface area contributed by atoms with Crippen LogP contribution in [0, 0.1) is 0 Å². The maximum Gasteiger partial charge on any atom is 0.472 e. The molecule has 0 aromatic carbocycles. The van der Waals surface area contributed by atoms with Crippen LogP contribution < -0.4 is 0 Å². The van der Waals surface area contributed by atoms with E-state index in [9.17, 15) is 43.2 Å². The van der Waals surface area contributed by atoms with Gasteiger partial charge in [-0.2, -0.15) is 0 Å². The molecule has 0 aliphatic carbocycles. The highest BCUT2D eigenvalue weighted by Crippen LogP contribution is 2.45. The van der Waals surface area contributed by atoms with E-state index in [1.807, 2.05) is 30.4 Å². The van der Waals surface area contributed by atoms with E-state index >= 15 is 0 Å². The Morgan fingerprint density at radius 3 is 0.858 bits per heavy atom. The molecule has 0 aliphatic rings. The van der Waals surface area contributed by atoms with Gasteiger partial charge in [-0.3, -0.25) is 37.3 Å². The lowest BCUT2D eigenvalue weighted by Gasteiger charge is -2.21. The molecular formula is C87H142O17P2. The van der Waals surface area contributed by atoms with E-state index < -0.39 is 97.5 Å². The van der Waals surface area contributed by atoms with Crippen LogP contribution in [0.25, 0.3) is 0 Å². The van der Waals surface area contributed by atoms with Gasteiger partial charge >= 0.3 is 39.5 Å². The molecule has 0 spiro atoms. The highest BCUT2D eigenvalue weighted by Gasteiger charge is 2.30. The Kier molecular flexibility index (Phi) is 73.5. The first-order chi connectivity index (χ1) is 51.7. The van der Waals surface area contributed by atoms with Gasteiger partial charge in [0.05, 0.1) is 26.4 Å². The molecule has 19 heteroatoms. The zero-order chi connectivity index (χ0) is 77.4. The predicted molar refractivity (Wildman–Crippen MR) is 436 cm³/mol. The minimum Gasteiger partial charge on any atom is -0.462 e. The van der Waals surface area contributed by atoms with Gasteiger partial charge in [-0.25, -0.2) is 9.13 Å². The topological polar surface area (TPSA) is 237 Å². The number of phosphoric ester groups is 2. The first-order valence-corrected chi connectivity index (χ1v) is 43.4. The lowest BCUT2D eigenvalue weighted by atomic mass is 10.1. The van der Waals surface area contributed by atoms with E-state index in [0.717, 1.165) is 148 Å². The van der Waals surface area contributed by atoms with Crippen LogP contribution in [0.3, 0.4) is 0 Å². The van der Waals surface area contributed by atoms with Crippen LogP contribution in [0.5, 0.6) is 0 Å². The predicted octanol–water partition coefficient (Wildman–Crippen LogP) is 23.8. The number of carbonyl (C=O) groups is 4. The summed E-state index contributed by atoms with van der Waals surface area (Å²) in [6.07, 6.45) is 92.1. The molecule has 5 atom stereocenters. The maximum atomic E-state index is 13.1. The van der Waals surface area contributed by atoms with Crippen molar-refractivity contribution in [2.45, 2.75) is 316 Å². The van der Waals surface area contributed by atoms with Crippen LogP contribution in [-0.2, 0) is 65.4 Å². The summed E-state index contributed by atoms with van der Waals surface area (Å²) in [5, 5.41) is 10.6. The molecule has 0 aromatic rings. The number of aliphatic hydroxyl groups is 1. The van der Waals surface area contributed by atoms with Crippen molar-refractivity contribution in [3.8, 4) is 0 Å². The van der Waals surface area contributed by atoms with Gasteiger partial charge in [-0.1, -0.05) is 301 Å². The Hall–Kier alpha value is -5.58. The number of rotatable bonds is 74. The van der Waals surface area contributed by atoms with Crippen LogP contribution in [0.2, 0.25) is 0 Å². The number of carbonyl (C=O) groups excluding carboxylic acids is 4. The molecule has 5 unspecified atom stereocenters. The monoisotopic (exact) mass is 1520 g/mol. The van der Waals surface area contributed by atoms with Crippen molar-refractivity contribution >= 4 is 39.5 Å². The largest absolute Gasteiger partial charge is 0.472 e. The molecule has 0 saturated heterocycles. The average Bonchev–Trinajstić information content (AvgIpc) is 0.901. The van der Waals surface area contributed by atoms with Crippen molar-refractivity contribution in [1.82, 2.24) is 0 Å². The molecule has 0 bridgehead atoms. The number of allylic oxidation sites excluding steroid dienone is 28. The number of ether oxygens (including phenoxy) is 4. The number of hydrogen-bond donors (Lipinski definition) is 3. The van der Waals surface area contributed by atoms with E-state index in [-0.39, 0.29) is 25.7 Å². The lowest BCUT2D eigenvalue weighted by molar-refractivity contribution is -0.161. The maximum absolute atomic E-state index is 13.1. The molecule has 602 valence electrons. The third kappa shape index (κ3) is 76.6. The van der Waals surface area contributed by atoms with E-state index in [1.54, 1.807) is 0 Å². The summed E-state index contributed by atoms with van der Waals surface area (Å²) >= 11 is 0. The van der Waals surface area contributed by atoms with Gasteiger partial charge in [0.1, 0.15) is 19.3 Å². The van der Waals surface area contributed by atoms with Crippen molar-refractivity contribution in [2.75, 3.05) is 39.6 Å². The van der Waals surface area contributed by atoms with Gasteiger partial charge in [-0.05, 0) is 141 Å². The van der Waals surface area contributed by atoms with Crippen LogP contribution in [0.4, 0.5) is 0 Å². The fraction of sp³-hybridized carbons (Fsp3) is 0.632. The molecule has 3 N–H and O–H groups in total. The minimum absolute atomic E-state index is 0.0267. The summed E-state index contributed by atoms with van der Waals surface area (Å²) in [5.41, 5.74) is 0. The molecule has 106 heavy (non-hydrogen) atoms. The summed E-state index contributed by atoms with van der Waals surface area (Å²) < 4.78 is 68.5. The third-order valence-electron chi connectivity index (χ3n) is 16.2. The van der Waals surface area contributed by atoms with Crippen LogP contribution in [0.1, 0.15) is 297 Å². The molecule has 0 radical (unpaired) electrons. The molecule has 0 heterocycles. The number of unbranched alkanes of at least 4 members (excludes halogenated alkanes) is 20. The summed E-state index contributed by atoms with van der Waals surface area (Å²) in [6, 6.07) is 0. The SMILES string of the molecule is CC/C=C\C/C=C\C/C=C\C/C=C\C/C=C\C/C=C\CCC(=O)OCC(COP(=O)(O)OCC(O)COP(=O)(O)OCC(COC(=O)CCC/C=C\C/C=C\C/C=C\C/C=C\C/C=C\CC)OC(=O)CCCCCCCCCCCCC)OC(=O)CCCCCCCC/C=C\C/C=C\C/C=C\CCCCC. The molecule has 17 nitrogen and oxygen atoms in total. The van der Waals surface area contributed by atoms with Crippen molar-refractivity contribution < 1.29 is 80.2 Å². The van der Waals surface area contributed by atoms with Gasteiger partial charge in [0.2, 0.25) is 0 Å². The summed E-state index contributed by atoms with van der Waals surface area (Å²) in [7, 11) is -10.0. The fourth-order valence-corrected chi connectivity index (χ4v) is 11.7. The normalized spacial score (nSPS) is 14.7. The van der Waals surface area contributed by atoms with E-state index in [1.165, 1.54) is 57.8 Å².